The molecule has 0 aromatic rings. The van der Waals surface area contributed by atoms with Crippen molar-refractivity contribution in [3.05, 3.63) is 0 Å². The van der Waals surface area contributed by atoms with Crippen molar-refractivity contribution >= 4 is 5.97 Å². The fraction of sp³-hybridized carbons (Fsp3) is 0.900. The average molecular weight is 199 g/mol. The van der Waals surface area contributed by atoms with E-state index in [4.69, 9.17) is 9.84 Å². The minimum Gasteiger partial charge on any atom is -0.480 e. The monoisotopic (exact) mass is 199 g/mol. The molecule has 2 unspecified atom stereocenters. The Kier molecular flexibility index (Phi) is 3.03. The van der Waals surface area contributed by atoms with Gasteiger partial charge in [-0.05, 0) is 32.2 Å². The Morgan fingerprint density at radius 1 is 1.43 bits per heavy atom. The van der Waals surface area contributed by atoms with Crippen molar-refractivity contribution in [2.45, 2.75) is 37.8 Å². The molecule has 4 nitrogen and oxygen atoms in total. The number of hydrogen-bond donors (Lipinski definition) is 1. The zero-order valence-electron chi connectivity index (χ0n) is 8.32. The van der Waals surface area contributed by atoms with Gasteiger partial charge in [0.1, 0.15) is 6.04 Å². The number of hydrogen-bond acceptors (Lipinski definition) is 3. The molecule has 0 aromatic carbocycles. The Morgan fingerprint density at radius 3 is 2.93 bits per heavy atom. The molecule has 0 radical (unpaired) electrons. The molecular formula is C10H17NO3. The number of carboxylic acids is 1. The number of nitrogens with zero attached hydrogens (tertiary/aromatic N) is 1. The highest BCUT2D eigenvalue weighted by Gasteiger charge is 2.32. The van der Waals surface area contributed by atoms with Gasteiger partial charge in [-0.15, -0.1) is 0 Å². The molecule has 0 bridgehead atoms. The van der Waals surface area contributed by atoms with E-state index in [2.05, 4.69) is 4.90 Å². The third-order valence-corrected chi connectivity index (χ3v) is 3.11. The van der Waals surface area contributed by atoms with E-state index >= 15 is 0 Å². The SMILES string of the molecule is O=C(O)C1CCCN1CC1CCCO1. The van der Waals surface area contributed by atoms with Crippen LogP contribution < -0.4 is 0 Å². The maximum Gasteiger partial charge on any atom is 0.320 e. The number of ether oxygens (including phenoxy) is 1. The van der Waals surface area contributed by atoms with Gasteiger partial charge in [-0.3, -0.25) is 9.69 Å². The van der Waals surface area contributed by atoms with Gasteiger partial charge in [0.15, 0.2) is 0 Å². The van der Waals surface area contributed by atoms with E-state index in [1.54, 1.807) is 0 Å². The van der Waals surface area contributed by atoms with E-state index in [1.165, 1.54) is 0 Å². The summed E-state index contributed by atoms with van der Waals surface area (Å²) in [4.78, 5) is 13.0. The summed E-state index contributed by atoms with van der Waals surface area (Å²) in [6, 6.07) is -0.265. The number of carbonyl (C=O) groups is 1. The highest BCUT2D eigenvalue weighted by molar-refractivity contribution is 5.73. The van der Waals surface area contributed by atoms with Gasteiger partial charge in [0, 0.05) is 13.2 Å². The van der Waals surface area contributed by atoms with Gasteiger partial charge in [0.25, 0.3) is 0 Å². The summed E-state index contributed by atoms with van der Waals surface area (Å²) in [6.07, 6.45) is 4.28. The van der Waals surface area contributed by atoms with Crippen LogP contribution in [0.3, 0.4) is 0 Å². The van der Waals surface area contributed by atoms with Crippen LogP contribution in [0.4, 0.5) is 0 Å². The zero-order chi connectivity index (χ0) is 9.97. The summed E-state index contributed by atoms with van der Waals surface area (Å²) in [6.45, 7) is 2.56. The summed E-state index contributed by atoms with van der Waals surface area (Å²) in [5.74, 6) is -0.680. The first kappa shape index (κ1) is 9.93. The standard InChI is InChI=1S/C10H17NO3/c12-10(13)9-4-1-5-11(9)7-8-3-2-6-14-8/h8-9H,1-7H2,(H,12,13). The molecule has 0 aromatic heterocycles. The van der Waals surface area contributed by atoms with Crippen LogP contribution in [0.25, 0.3) is 0 Å². The summed E-state index contributed by atoms with van der Waals surface area (Å²) < 4.78 is 5.51. The first-order valence-electron chi connectivity index (χ1n) is 5.36. The van der Waals surface area contributed by atoms with Crippen molar-refractivity contribution in [1.82, 2.24) is 4.90 Å². The van der Waals surface area contributed by atoms with E-state index in [0.29, 0.717) is 0 Å². The first-order valence-corrected chi connectivity index (χ1v) is 5.36. The second-order valence-electron chi connectivity index (χ2n) is 4.13. The summed E-state index contributed by atoms with van der Waals surface area (Å²) in [5, 5.41) is 8.98. The molecular weight excluding hydrogens is 182 g/mol. The lowest BCUT2D eigenvalue weighted by molar-refractivity contribution is -0.142. The molecule has 2 saturated heterocycles. The first-order chi connectivity index (χ1) is 6.77. The second kappa shape index (κ2) is 4.28. The summed E-state index contributed by atoms with van der Waals surface area (Å²) in [5.41, 5.74) is 0. The summed E-state index contributed by atoms with van der Waals surface area (Å²) >= 11 is 0. The number of likely N-dealkylation sites (tertiary alicyclic amines) is 1. The van der Waals surface area contributed by atoms with Gasteiger partial charge in [0.2, 0.25) is 0 Å². The van der Waals surface area contributed by atoms with Gasteiger partial charge in [-0.2, -0.15) is 0 Å². The lowest BCUT2D eigenvalue weighted by Crippen LogP contribution is -2.40. The normalized spacial score (nSPS) is 33.7. The maximum absolute atomic E-state index is 10.9. The molecule has 0 aliphatic carbocycles. The van der Waals surface area contributed by atoms with Crippen LogP contribution in [0.15, 0.2) is 0 Å². The minimum absolute atomic E-state index is 0.265. The Bertz CT molecular complexity index is 213. The van der Waals surface area contributed by atoms with Crippen LogP contribution in [-0.2, 0) is 9.53 Å². The molecule has 0 saturated carbocycles. The quantitative estimate of drug-likeness (QED) is 0.727. The molecule has 2 fully saturated rings. The number of aliphatic carboxylic acids is 1. The predicted octanol–water partition coefficient (Wildman–Crippen LogP) is 0.714. The van der Waals surface area contributed by atoms with Crippen LogP contribution in [0.2, 0.25) is 0 Å². The molecule has 1 N–H and O–H groups in total. The molecule has 2 aliphatic rings. The Labute approximate surface area is 83.8 Å². The largest absolute Gasteiger partial charge is 0.480 e. The Hall–Kier alpha value is -0.610. The molecule has 0 spiro atoms. The van der Waals surface area contributed by atoms with E-state index in [9.17, 15) is 4.79 Å². The molecule has 2 heterocycles. The van der Waals surface area contributed by atoms with Crippen molar-refractivity contribution in [1.29, 1.82) is 0 Å². The van der Waals surface area contributed by atoms with Crippen LogP contribution in [0.1, 0.15) is 25.7 Å². The summed E-state index contributed by atoms with van der Waals surface area (Å²) in [7, 11) is 0. The number of carboxylic acid groups (broad SMARTS) is 1. The molecule has 0 amide bonds. The van der Waals surface area contributed by atoms with Crippen molar-refractivity contribution in [2.75, 3.05) is 19.7 Å². The zero-order valence-corrected chi connectivity index (χ0v) is 8.32. The van der Waals surface area contributed by atoms with Gasteiger partial charge in [-0.1, -0.05) is 0 Å². The molecule has 80 valence electrons. The van der Waals surface area contributed by atoms with E-state index < -0.39 is 5.97 Å². The van der Waals surface area contributed by atoms with E-state index in [1.807, 2.05) is 0 Å². The van der Waals surface area contributed by atoms with Crippen LogP contribution in [0, 0.1) is 0 Å². The lowest BCUT2D eigenvalue weighted by atomic mass is 10.2. The Balaban J connectivity index is 1.86. The lowest BCUT2D eigenvalue weighted by Gasteiger charge is -2.23. The second-order valence-corrected chi connectivity index (χ2v) is 4.13. The maximum atomic E-state index is 10.9. The highest BCUT2D eigenvalue weighted by atomic mass is 16.5. The average Bonchev–Trinajstić information content (AvgIpc) is 2.75. The molecule has 4 heteroatoms. The van der Waals surface area contributed by atoms with Crippen LogP contribution in [-0.4, -0.2) is 47.8 Å². The molecule has 2 rings (SSSR count). The minimum atomic E-state index is -0.680. The van der Waals surface area contributed by atoms with Crippen LogP contribution >= 0.6 is 0 Å². The van der Waals surface area contributed by atoms with Gasteiger partial charge < -0.3 is 9.84 Å². The van der Waals surface area contributed by atoms with Crippen molar-refractivity contribution < 1.29 is 14.6 Å². The third kappa shape index (κ3) is 2.07. The van der Waals surface area contributed by atoms with Crippen molar-refractivity contribution in [3.8, 4) is 0 Å². The fourth-order valence-electron chi connectivity index (χ4n) is 2.37. The fourth-order valence-corrected chi connectivity index (χ4v) is 2.37. The Morgan fingerprint density at radius 2 is 2.29 bits per heavy atom. The van der Waals surface area contributed by atoms with Crippen molar-refractivity contribution in [3.63, 3.8) is 0 Å². The number of rotatable bonds is 3. The van der Waals surface area contributed by atoms with E-state index in [0.717, 1.165) is 45.4 Å². The van der Waals surface area contributed by atoms with Crippen molar-refractivity contribution in [2.24, 2.45) is 0 Å². The van der Waals surface area contributed by atoms with Crippen LogP contribution in [0.5, 0.6) is 0 Å². The topological polar surface area (TPSA) is 49.8 Å². The van der Waals surface area contributed by atoms with Gasteiger partial charge in [0.05, 0.1) is 6.10 Å². The predicted molar refractivity (Wildman–Crippen MR) is 51.2 cm³/mol. The van der Waals surface area contributed by atoms with Gasteiger partial charge in [-0.25, -0.2) is 0 Å². The molecule has 2 atom stereocenters. The third-order valence-electron chi connectivity index (χ3n) is 3.11. The van der Waals surface area contributed by atoms with E-state index in [-0.39, 0.29) is 12.1 Å². The van der Waals surface area contributed by atoms with Gasteiger partial charge >= 0.3 is 5.97 Å². The molecule has 14 heavy (non-hydrogen) atoms. The molecule has 2 aliphatic heterocycles. The highest BCUT2D eigenvalue weighted by Crippen LogP contribution is 2.21. The smallest absolute Gasteiger partial charge is 0.320 e.